The van der Waals surface area contributed by atoms with Crippen LogP contribution in [0.3, 0.4) is 0 Å². The molecular weight excluding hydrogens is 559 g/mol. The largest absolute Gasteiger partial charge is 0.505 e. The Balaban J connectivity index is 1.97. The van der Waals surface area contributed by atoms with Crippen molar-refractivity contribution in [3.8, 4) is 5.75 Å². The van der Waals surface area contributed by atoms with Gasteiger partial charge in [0.15, 0.2) is 5.75 Å². The second kappa shape index (κ2) is 10.9. The smallest absolute Gasteiger partial charge is 0.294 e. The van der Waals surface area contributed by atoms with Crippen molar-refractivity contribution in [2.45, 2.75) is 9.79 Å². The topological polar surface area (TPSA) is 189 Å². The van der Waals surface area contributed by atoms with Crippen molar-refractivity contribution >= 4 is 79.1 Å². The Morgan fingerprint density at radius 3 is 2.33 bits per heavy atom. The molecule has 0 spiro atoms. The lowest BCUT2D eigenvalue weighted by Gasteiger charge is -2.15. The van der Waals surface area contributed by atoms with Crippen LogP contribution in [0, 0.1) is 0 Å². The molecule has 0 radical (unpaired) electrons. The van der Waals surface area contributed by atoms with Gasteiger partial charge in [0.2, 0.25) is 16.5 Å². The van der Waals surface area contributed by atoms with Gasteiger partial charge in [-0.2, -0.15) is 28.5 Å². The zero-order valence-corrected chi connectivity index (χ0v) is 20.5. The number of azo groups is 1. The van der Waals surface area contributed by atoms with Crippen LogP contribution in [0.2, 0.25) is 10.6 Å². The molecule has 3 aromatic carbocycles. The van der Waals surface area contributed by atoms with Gasteiger partial charge in [0, 0.05) is 5.39 Å². The van der Waals surface area contributed by atoms with Gasteiger partial charge in [0.1, 0.15) is 5.69 Å². The molecule has 13 nitrogen and oxygen atoms in total. The van der Waals surface area contributed by atoms with Crippen molar-refractivity contribution in [2.24, 2.45) is 10.2 Å². The second-order valence-corrected chi connectivity index (χ2v) is 9.54. The Morgan fingerprint density at radius 1 is 1.00 bits per heavy atom. The normalized spacial score (nSPS) is 11.9. The highest BCUT2D eigenvalue weighted by Crippen LogP contribution is 2.47. The van der Waals surface area contributed by atoms with E-state index in [0.717, 1.165) is 12.1 Å². The summed E-state index contributed by atoms with van der Waals surface area (Å²) in [5.41, 5.74) is 0.271. The van der Waals surface area contributed by atoms with E-state index in [2.05, 4.69) is 39.9 Å². The standard InChI is InChI=1S/C19H12Cl2N6O7S2/c20-17-23-18(21)25-19(24-17)22-12-8-11(36(30,31)32)6-9-7-13(35-34-33-29)15(16(28)14(9)12)27-26-10-4-2-1-3-5-10/h1-8,28-29H,(H,30,31,32)(H,22,23,24,25). The van der Waals surface area contributed by atoms with Crippen LogP contribution in [0.5, 0.6) is 5.75 Å². The number of anilines is 2. The number of nitrogens with zero attached hydrogens (tertiary/aromatic N) is 5. The Morgan fingerprint density at radius 2 is 1.69 bits per heavy atom. The van der Waals surface area contributed by atoms with Crippen LogP contribution in [0.15, 0.2) is 68.6 Å². The molecule has 17 heteroatoms. The summed E-state index contributed by atoms with van der Waals surface area (Å²) in [5, 5.41) is 33.9. The highest BCUT2D eigenvalue weighted by Gasteiger charge is 2.22. The first-order valence-corrected chi connectivity index (χ1v) is 12.4. The average Bonchev–Trinajstić information content (AvgIpc) is 2.81. The van der Waals surface area contributed by atoms with Gasteiger partial charge in [-0.05, 0) is 58.9 Å². The van der Waals surface area contributed by atoms with Gasteiger partial charge in [-0.15, -0.1) is 9.45 Å². The fourth-order valence-corrected chi connectivity index (χ4v) is 4.43. The van der Waals surface area contributed by atoms with Crippen molar-refractivity contribution in [1.82, 2.24) is 15.0 Å². The van der Waals surface area contributed by atoms with E-state index in [1.54, 1.807) is 30.3 Å². The highest BCUT2D eigenvalue weighted by molar-refractivity contribution is 7.94. The molecule has 4 aromatic rings. The van der Waals surface area contributed by atoms with Crippen molar-refractivity contribution in [2.75, 3.05) is 5.32 Å². The van der Waals surface area contributed by atoms with Crippen LogP contribution < -0.4 is 5.32 Å². The summed E-state index contributed by atoms with van der Waals surface area (Å²) in [6.45, 7) is 0. The van der Waals surface area contributed by atoms with Crippen LogP contribution >= 0.6 is 35.2 Å². The summed E-state index contributed by atoms with van der Waals surface area (Å²) >= 11 is 12.1. The quantitative estimate of drug-likeness (QED) is 0.0648. The molecule has 0 aliphatic heterocycles. The third-order valence-corrected chi connectivity index (χ3v) is 6.21. The van der Waals surface area contributed by atoms with Crippen LogP contribution in [0.1, 0.15) is 0 Å². The number of phenolic OH excluding ortho intramolecular Hbond substituents is 1. The summed E-state index contributed by atoms with van der Waals surface area (Å²) < 4.78 is 38.0. The van der Waals surface area contributed by atoms with Gasteiger partial charge < -0.3 is 10.4 Å². The van der Waals surface area contributed by atoms with Crippen LogP contribution in [0.25, 0.3) is 10.8 Å². The van der Waals surface area contributed by atoms with Gasteiger partial charge >= 0.3 is 0 Å². The predicted molar refractivity (Wildman–Crippen MR) is 130 cm³/mol. The number of fused-ring (bicyclic) bond motifs is 1. The SMILES string of the molecule is O=S(=O)(O)c1cc(Nc2nc(Cl)nc(Cl)n2)c2c(O)c(N=Nc3ccccc3)c(SOOO)cc2c1. The van der Waals surface area contributed by atoms with Gasteiger partial charge in [-0.1, -0.05) is 23.2 Å². The van der Waals surface area contributed by atoms with E-state index in [-0.39, 0.29) is 43.6 Å². The molecule has 186 valence electrons. The maximum atomic E-state index is 11.9. The van der Waals surface area contributed by atoms with Gasteiger partial charge in [-0.25, -0.2) is 5.26 Å². The van der Waals surface area contributed by atoms with Gasteiger partial charge in [0.25, 0.3) is 10.1 Å². The minimum atomic E-state index is -4.70. The molecule has 0 aliphatic carbocycles. The van der Waals surface area contributed by atoms with Crippen LogP contribution in [-0.4, -0.2) is 38.3 Å². The molecule has 0 bridgehead atoms. The van der Waals surface area contributed by atoms with Crippen molar-refractivity contribution in [3.05, 3.63) is 59.1 Å². The third kappa shape index (κ3) is 5.97. The van der Waals surface area contributed by atoms with Crippen molar-refractivity contribution in [3.63, 3.8) is 0 Å². The molecule has 0 saturated heterocycles. The molecule has 36 heavy (non-hydrogen) atoms. The Kier molecular flexibility index (Phi) is 7.82. The molecule has 4 rings (SSSR count). The summed E-state index contributed by atoms with van der Waals surface area (Å²) in [6, 6.07) is 12.1. The van der Waals surface area contributed by atoms with E-state index in [4.69, 9.17) is 28.5 Å². The first-order chi connectivity index (χ1) is 17.2. The van der Waals surface area contributed by atoms with Crippen LogP contribution in [0.4, 0.5) is 23.0 Å². The number of hydrogen-bond donors (Lipinski definition) is 4. The Hall–Kier alpha value is -3.15. The fraction of sp³-hybridized carbons (Fsp3) is 0. The number of hydrogen-bond acceptors (Lipinski definition) is 13. The Labute approximate surface area is 216 Å². The molecule has 0 amide bonds. The summed E-state index contributed by atoms with van der Waals surface area (Å²) in [6.07, 6.45) is 0. The van der Waals surface area contributed by atoms with Gasteiger partial charge in [0.05, 0.1) is 33.2 Å². The zero-order valence-electron chi connectivity index (χ0n) is 17.4. The molecule has 0 aliphatic rings. The molecule has 1 heterocycles. The zero-order chi connectivity index (χ0) is 25.9. The van der Waals surface area contributed by atoms with E-state index in [0.29, 0.717) is 17.7 Å². The second-order valence-electron chi connectivity index (χ2n) is 6.70. The lowest BCUT2D eigenvalue weighted by Crippen LogP contribution is -2.03. The first-order valence-electron chi connectivity index (χ1n) is 9.42. The summed E-state index contributed by atoms with van der Waals surface area (Å²) in [7, 11) is -4.70. The molecule has 0 saturated carbocycles. The monoisotopic (exact) mass is 570 g/mol. The molecule has 0 atom stereocenters. The summed E-state index contributed by atoms with van der Waals surface area (Å²) in [4.78, 5) is 10.9. The van der Waals surface area contributed by atoms with Gasteiger partial charge in [-0.3, -0.25) is 4.55 Å². The summed E-state index contributed by atoms with van der Waals surface area (Å²) in [5.74, 6) is -0.664. The maximum Gasteiger partial charge on any atom is 0.294 e. The number of aromatic hydroxyl groups is 1. The third-order valence-electron chi connectivity index (χ3n) is 4.42. The molecular formula is C19H12Cl2N6O7S2. The molecule has 4 N–H and O–H groups in total. The lowest BCUT2D eigenvalue weighted by atomic mass is 10.1. The number of nitrogens with one attached hydrogen (secondary N) is 1. The Bertz CT molecular complexity index is 1560. The number of rotatable bonds is 8. The van der Waals surface area contributed by atoms with Crippen molar-refractivity contribution in [1.29, 1.82) is 0 Å². The van der Waals surface area contributed by atoms with E-state index in [9.17, 15) is 18.1 Å². The fourth-order valence-electron chi connectivity index (χ4n) is 3.02. The predicted octanol–water partition coefficient (Wildman–Crippen LogP) is 5.87. The lowest BCUT2D eigenvalue weighted by molar-refractivity contribution is -0.432. The highest BCUT2D eigenvalue weighted by atomic mass is 35.5. The van der Waals surface area contributed by atoms with Crippen LogP contribution in [-0.2, 0) is 19.5 Å². The molecule has 0 unspecified atom stereocenters. The van der Waals surface area contributed by atoms with E-state index in [1.807, 2.05) is 0 Å². The minimum absolute atomic E-state index is 0.0336. The number of halogens is 2. The average molecular weight is 571 g/mol. The number of aromatic nitrogens is 3. The minimum Gasteiger partial charge on any atom is -0.505 e. The van der Waals surface area contributed by atoms with E-state index < -0.39 is 20.8 Å². The number of phenols is 1. The maximum absolute atomic E-state index is 11.9. The number of benzene rings is 3. The first kappa shape index (κ1) is 25.9. The van der Waals surface area contributed by atoms with E-state index in [1.165, 1.54) is 6.07 Å². The van der Waals surface area contributed by atoms with Crippen molar-refractivity contribution < 1.29 is 32.7 Å². The molecule has 1 aromatic heterocycles. The van der Waals surface area contributed by atoms with E-state index >= 15 is 0 Å². The molecule has 0 fully saturated rings.